The van der Waals surface area contributed by atoms with Crippen molar-refractivity contribution in [1.82, 2.24) is 4.90 Å². The molecule has 2 aromatic rings. The van der Waals surface area contributed by atoms with Crippen LogP contribution in [-0.2, 0) is 4.74 Å². The molecule has 1 aliphatic heterocycles. The van der Waals surface area contributed by atoms with Crippen molar-refractivity contribution in [2.75, 3.05) is 19.8 Å². The molecule has 0 spiro atoms. The van der Waals surface area contributed by atoms with Crippen LogP contribution in [-0.4, -0.2) is 53.1 Å². The first-order valence-electron chi connectivity index (χ1n) is 11.1. The first-order chi connectivity index (χ1) is 14.7. The summed E-state index contributed by atoms with van der Waals surface area (Å²) in [7, 11) is 0. The fourth-order valence-corrected chi connectivity index (χ4v) is 5.79. The third-order valence-corrected chi connectivity index (χ3v) is 7.34. The SMILES string of the molecule is O=C(OCC1c2ccccc2-c2ccccc21)N1CC2CC(O)CCC2C[C@H]1CO. The molecular weight excluding hydrogens is 378 g/mol. The van der Waals surface area contributed by atoms with Gasteiger partial charge in [-0.05, 0) is 59.8 Å². The first-order valence-corrected chi connectivity index (χ1v) is 11.1. The van der Waals surface area contributed by atoms with Crippen molar-refractivity contribution in [1.29, 1.82) is 0 Å². The monoisotopic (exact) mass is 407 g/mol. The average molecular weight is 408 g/mol. The predicted octanol–water partition coefficient (Wildman–Crippen LogP) is 3.78. The lowest BCUT2D eigenvalue weighted by Gasteiger charge is -2.46. The number of carbonyl (C=O) groups is 1. The Morgan fingerprint density at radius 2 is 1.63 bits per heavy atom. The highest BCUT2D eigenvalue weighted by molar-refractivity contribution is 5.79. The molecule has 158 valence electrons. The summed E-state index contributed by atoms with van der Waals surface area (Å²) in [5.41, 5.74) is 4.80. The molecule has 30 heavy (non-hydrogen) atoms. The van der Waals surface area contributed by atoms with Gasteiger partial charge in [0.2, 0.25) is 0 Å². The minimum absolute atomic E-state index is 0.0305. The van der Waals surface area contributed by atoms with Crippen LogP contribution in [0, 0.1) is 11.8 Å². The molecule has 3 aliphatic rings. The summed E-state index contributed by atoms with van der Waals surface area (Å²) in [5.74, 6) is 0.795. The zero-order valence-corrected chi connectivity index (χ0v) is 17.1. The van der Waals surface area contributed by atoms with E-state index >= 15 is 0 Å². The number of aliphatic hydroxyl groups is 2. The molecule has 5 rings (SSSR count). The Labute approximate surface area is 177 Å². The molecule has 2 fully saturated rings. The Morgan fingerprint density at radius 3 is 2.30 bits per heavy atom. The van der Waals surface area contributed by atoms with Crippen LogP contribution >= 0.6 is 0 Å². The van der Waals surface area contributed by atoms with Crippen LogP contribution in [0.2, 0.25) is 0 Å². The van der Waals surface area contributed by atoms with Gasteiger partial charge in [0.05, 0.1) is 18.8 Å². The fourth-order valence-electron chi connectivity index (χ4n) is 5.79. The van der Waals surface area contributed by atoms with Crippen LogP contribution < -0.4 is 0 Å². The van der Waals surface area contributed by atoms with Gasteiger partial charge in [-0.2, -0.15) is 0 Å². The summed E-state index contributed by atoms with van der Waals surface area (Å²) in [6.07, 6.45) is 2.69. The van der Waals surface area contributed by atoms with E-state index in [9.17, 15) is 15.0 Å². The highest BCUT2D eigenvalue weighted by Gasteiger charge is 2.41. The van der Waals surface area contributed by atoms with Gasteiger partial charge in [0.15, 0.2) is 0 Å². The summed E-state index contributed by atoms with van der Waals surface area (Å²) < 4.78 is 5.83. The van der Waals surface area contributed by atoms with Crippen molar-refractivity contribution in [3.05, 3.63) is 59.7 Å². The number of nitrogens with zero attached hydrogens (tertiary/aromatic N) is 1. The van der Waals surface area contributed by atoms with E-state index in [4.69, 9.17) is 4.74 Å². The highest BCUT2D eigenvalue weighted by Crippen LogP contribution is 2.45. The standard InChI is InChI=1S/C25H29NO4/c27-14-18-11-16-9-10-19(28)12-17(16)13-26(18)25(29)30-15-24-22-7-3-1-5-20(22)21-6-2-4-8-23(21)24/h1-8,16-19,24,27-28H,9-15H2/t16?,17?,18-,19?/m0/s1. The second-order valence-electron chi connectivity index (χ2n) is 9.02. The zero-order valence-electron chi connectivity index (χ0n) is 17.1. The number of ether oxygens (including phenoxy) is 1. The minimum atomic E-state index is -0.352. The Balaban J connectivity index is 1.31. The smallest absolute Gasteiger partial charge is 0.410 e. The Bertz CT molecular complexity index is 883. The van der Waals surface area contributed by atoms with Crippen molar-refractivity contribution in [3.63, 3.8) is 0 Å². The Morgan fingerprint density at radius 1 is 0.967 bits per heavy atom. The van der Waals surface area contributed by atoms with Gasteiger partial charge in [-0.1, -0.05) is 48.5 Å². The number of carbonyl (C=O) groups excluding carboxylic acids is 1. The molecule has 0 radical (unpaired) electrons. The topological polar surface area (TPSA) is 70.0 Å². The third-order valence-electron chi connectivity index (χ3n) is 7.34. The number of likely N-dealkylation sites (tertiary alicyclic amines) is 1. The largest absolute Gasteiger partial charge is 0.448 e. The quantitative estimate of drug-likeness (QED) is 0.812. The van der Waals surface area contributed by atoms with Crippen LogP contribution in [0.25, 0.3) is 11.1 Å². The van der Waals surface area contributed by atoms with Gasteiger partial charge in [0.25, 0.3) is 0 Å². The number of fused-ring (bicyclic) bond motifs is 4. The molecular formula is C25H29NO4. The molecule has 1 heterocycles. The van der Waals surface area contributed by atoms with Crippen LogP contribution in [0.5, 0.6) is 0 Å². The van der Waals surface area contributed by atoms with Crippen molar-refractivity contribution < 1.29 is 19.7 Å². The fraction of sp³-hybridized carbons (Fsp3) is 0.480. The molecule has 5 nitrogen and oxygen atoms in total. The zero-order chi connectivity index (χ0) is 20.7. The predicted molar refractivity (Wildman–Crippen MR) is 114 cm³/mol. The van der Waals surface area contributed by atoms with E-state index in [0.29, 0.717) is 12.5 Å². The lowest BCUT2D eigenvalue weighted by Crippen LogP contribution is -2.53. The number of hydrogen-bond donors (Lipinski definition) is 2. The van der Waals surface area contributed by atoms with E-state index in [-0.39, 0.29) is 43.3 Å². The average Bonchev–Trinajstić information content (AvgIpc) is 3.10. The van der Waals surface area contributed by atoms with Crippen molar-refractivity contribution in [2.45, 2.75) is 43.7 Å². The number of rotatable bonds is 3. The van der Waals surface area contributed by atoms with Crippen LogP contribution in [0.1, 0.15) is 42.7 Å². The normalized spacial score (nSPS) is 27.9. The lowest BCUT2D eigenvalue weighted by molar-refractivity contribution is -0.0205. The van der Waals surface area contributed by atoms with Gasteiger partial charge in [-0.15, -0.1) is 0 Å². The summed E-state index contributed by atoms with van der Waals surface area (Å²) in [4.78, 5) is 14.7. The molecule has 0 aromatic heterocycles. The molecule has 2 N–H and O–H groups in total. The number of amides is 1. The van der Waals surface area contributed by atoms with E-state index in [2.05, 4.69) is 24.3 Å². The summed E-state index contributed by atoms with van der Waals surface area (Å²) >= 11 is 0. The Kier molecular flexibility index (Phi) is 5.25. The second-order valence-corrected chi connectivity index (χ2v) is 9.02. The minimum Gasteiger partial charge on any atom is -0.448 e. The summed E-state index contributed by atoms with van der Waals surface area (Å²) in [6, 6.07) is 16.4. The molecule has 2 aliphatic carbocycles. The molecule has 2 aromatic carbocycles. The lowest BCUT2D eigenvalue weighted by atomic mass is 9.72. The Hall–Kier alpha value is -2.37. The number of hydrogen-bond acceptors (Lipinski definition) is 4. The molecule has 1 saturated heterocycles. The third kappa shape index (κ3) is 3.40. The highest BCUT2D eigenvalue weighted by atomic mass is 16.6. The number of benzene rings is 2. The summed E-state index contributed by atoms with van der Waals surface area (Å²) in [5, 5.41) is 19.9. The van der Waals surface area contributed by atoms with Crippen LogP contribution in [0.15, 0.2) is 48.5 Å². The van der Waals surface area contributed by atoms with Crippen molar-refractivity contribution in [2.24, 2.45) is 11.8 Å². The van der Waals surface area contributed by atoms with E-state index in [1.54, 1.807) is 4.90 Å². The van der Waals surface area contributed by atoms with Gasteiger partial charge in [-0.3, -0.25) is 0 Å². The van der Waals surface area contributed by atoms with E-state index in [1.165, 1.54) is 22.3 Å². The van der Waals surface area contributed by atoms with Gasteiger partial charge in [0, 0.05) is 12.5 Å². The second kappa shape index (κ2) is 8.05. The summed E-state index contributed by atoms with van der Waals surface area (Å²) in [6.45, 7) is 0.803. The van der Waals surface area contributed by atoms with Crippen LogP contribution in [0.3, 0.4) is 0 Å². The molecule has 5 heteroatoms. The van der Waals surface area contributed by atoms with E-state index < -0.39 is 0 Å². The van der Waals surface area contributed by atoms with Crippen LogP contribution in [0.4, 0.5) is 4.79 Å². The molecule has 1 saturated carbocycles. The number of piperidine rings is 1. The van der Waals surface area contributed by atoms with Gasteiger partial charge < -0.3 is 19.8 Å². The van der Waals surface area contributed by atoms with Gasteiger partial charge in [-0.25, -0.2) is 4.79 Å². The number of aliphatic hydroxyl groups excluding tert-OH is 2. The molecule has 4 atom stereocenters. The molecule has 3 unspecified atom stereocenters. The maximum atomic E-state index is 13.0. The van der Waals surface area contributed by atoms with E-state index in [0.717, 1.165) is 25.7 Å². The van der Waals surface area contributed by atoms with E-state index in [1.807, 2.05) is 24.3 Å². The molecule has 1 amide bonds. The maximum absolute atomic E-state index is 13.0. The first kappa shape index (κ1) is 19.6. The van der Waals surface area contributed by atoms with Gasteiger partial charge in [0.1, 0.15) is 6.61 Å². The van der Waals surface area contributed by atoms with Gasteiger partial charge >= 0.3 is 6.09 Å². The van der Waals surface area contributed by atoms with Crippen molar-refractivity contribution in [3.8, 4) is 11.1 Å². The molecule has 0 bridgehead atoms. The van der Waals surface area contributed by atoms with Crippen molar-refractivity contribution >= 4 is 6.09 Å². The maximum Gasteiger partial charge on any atom is 0.410 e.